The molecule has 6 heteroatoms. The molecule has 1 atom stereocenters. The normalized spacial score (nSPS) is 19.8. The molecule has 0 spiro atoms. The minimum absolute atomic E-state index is 0.290. The Morgan fingerprint density at radius 2 is 2.38 bits per heavy atom. The molecule has 3 heterocycles. The standard InChI is InChI=1S/C10H11BrN4S/c1-6-9-13-14-10(15(9)5-4-12-6)7-2-3-8(11)16-7/h2-3,6,12H,4-5H2,1H3. The van der Waals surface area contributed by atoms with Crippen LogP contribution in [0.2, 0.25) is 0 Å². The zero-order chi connectivity index (χ0) is 11.1. The molecule has 1 N–H and O–H groups in total. The molecule has 0 radical (unpaired) electrons. The number of rotatable bonds is 1. The average Bonchev–Trinajstić information content (AvgIpc) is 2.84. The zero-order valence-electron chi connectivity index (χ0n) is 8.77. The van der Waals surface area contributed by atoms with Crippen molar-refractivity contribution in [3.05, 3.63) is 21.7 Å². The van der Waals surface area contributed by atoms with Gasteiger partial charge in [0.25, 0.3) is 0 Å². The molecule has 0 saturated carbocycles. The summed E-state index contributed by atoms with van der Waals surface area (Å²) in [5.74, 6) is 2.02. The molecule has 2 aromatic heterocycles. The molecule has 3 rings (SSSR count). The Bertz CT molecular complexity index is 519. The van der Waals surface area contributed by atoms with E-state index in [2.05, 4.69) is 49.0 Å². The predicted molar refractivity (Wildman–Crippen MR) is 67.5 cm³/mol. The van der Waals surface area contributed by atoms with Crippen LogP contribution in [-0.4, -0.2) is 21.3 Å². The number of halogens is 1. The summed E-state index contributed by atoms with van der Waals surface area (Å²) < 4.78 is 3.33. The number of nitrogens with one attached hydrogen (secondary N) is 1. The van der Waals surface area contributed by atoms with Gasteiger partial charge in [-0.1, -0.05) is 0 Å². The summed E-state index contributed by atoms with van der Waals surface area (Å²) in [7, 11) is 0. The highest BCUT2D eigenvalue weighted by atomic mass is 79.9. The van der Waals surface area contributed by atoms with Crippen molar-refractivity contribution in [2.24, 2.45) is 0 Å². The van der Waals surface area contributed by atoms with Gasteiger partial charge in [0.2, 0.25) is 0 Å². The third kappa shape index (κ3) is 1.61. The second-order valence-electron chi connectivity index (χ2n) is 3.81. The van der Waals surface area contributed by atoms with Crippen LogP contribution in [0.1, 0.15) is 18.8 Å². The van der Waals surface area contributed by atoms with E-state index in [4.69, 9.17) is 0 Å². The van der Waals surface area contributed by atoms with Gasteiger partial charge in [0.05, 0.1) is 14.7 Å². The van der Waals surface area contributed by atoms with E-state index in [0.29, 0.717) is 6.04 Å². The highest BCUT2D eigenvalue weighted by molar-refractivity contribution is 9.11. The number of fused-ring (bicyclic) bond motifs is 1. The van der Waals surface area contributed by atoms with Crippen LogP contribution >= 0.6 is 27.3 Å². The molecular weight excluding hydrogens is 288 g/mol. The van der Waals surface area contributed by atoms with Crippen LogP contribution in [0, 0.1) is 0 Å². The molecule has 16 heavy (non-hydrogen) atoms. The molecule has 0 aromatic carbocycles. The maximum absolute atomic E-state index is 4.29. The van der Waals surface area contributed by atoms with Gasteiger partial charge in [0.15, 0.2) is 5.82 Å². The first kappa shape index (κ1) is 10.4. The van der Waals surface area contributed by atoms with Crippen molar-refractivity contribution in [2.45, 2.75) is 19.5 Å². The smallest absolute Gasteiger partial charge is 0.174 e. The van der Waals surface area contributed by atoms with Crippen LogP contribution < -0.4 is 5.32 Å². The van der Waals surface area contributed by atoms with E-state index in [0.717, 1.165) is 28.5 Å². The lowest BCUT2D eigenvalue weighted by Gasteiger charge is -2.21. The Kier molecular flexibility index (Phi) is 2.57. The van der Waals surface area contributed by atoms with Crippen molar-refractivity contribution in [1.29, 1.82) is 0 Å². The minimum atomic E-state index is 0.290. The Balaban J connectivity index is 2.09. The molecule has 0 saturated heterocycles. The highest BCUT2D eigenvalue weighted by Crippen LogP contribution is 2.31. The Morgan fingerprint density at radius 1 is 1.50 bits per heavy atom. The molecule has 4 nitrogen and oxygen atoms in total. The third-order valence-electron chi connectivity index (χ3n) is 2.75. The maximum Gasteiger partial charge on any atom is 0.174 e. The lowest BCUT2D eigenvalue weighted by Crippen LogP contribution is -2.32. The largest absolute Gasteiger partial charge is 0.308 e. The molecule has 0 aliphatic carbocycles. The van der Waals surface area contributed by atoms with Gasteiger partial charge in [-0.3, -0.25) is 0 Å². The molecule has 84 valence electrons. The lowest BCUT2D eigenvalue weighted by molar-refractivity contribution is 0.439. The van der Waals surface area contributed by atoms with Crippen LogP contribution in [0.25, 0.3) is 10.7 Å². The first-order valence-corrected chi connectivity index (χ1v) is 6.79. The fourth-order valence-electron chi connectivity index (χ4n) is 1.96. The van der Waals surface area contributed by atoms with E-state index in [1.165, 1.54) is 4.88 Å². The summed E-state index contributed by atoms with van der Waals surface area (Å²) in [5, 5.41) is 11.9. The van der Waals surface area contributed by atoms with Gasteiger partial charge >= 0.3 is 0 Å². The summed E-state index contributed by atoms with van der Waals surface area (Å²) in [6.07, 6.45) is 0. The van der Waals surface area contributed by atoms with Crippen molar-refractivity contribution in [3.8, 4) is 10.7 Å². The minimum Gasteiger partial charge on any atom is -0.308 e. The van der Waals surface area contributed by atoms with Crippen molar-refractivity contribution in [3.63, 3.8) is 0 Å². The van der Waals surface area contributed by atoms with Crippen LogP contribution in [0.3, 0.4) is 0 Å². The molecule has 1 aliphatic heterocycles. The summed E-state index contributed by atoms with van der Waals surface area (Å²) >= 11 is 5.17. The average molecular weight is 299 g/mol. The predicted octanol–water partition coefficient (Wildman–Crippen LogP) is 2.43. The van der Waals surface area contributed by atoms with E-state index in [1.54, 1.807) is 11.3 Å². The van der Waals surface area contributed by atoms with Gasteiger partial charge in [-0.2, -0.15) is 0 Å². The highest BCUT2D eigenvalue weighted by Gasteiger charge is 2.22. The molecule has 1 unspecified atom stereocenters. The molecule has 0 fully saturated rings. The van der Waals surface area contributed by atoms with Crippen molar-refractivity contribution >= 4 is 27.3 Å². The van der Waals surface area contributed by atoms with Crippen LogP contribution in [0.4, 0.5) is 0 Å². The topological polar surface area (TPSA) is 42.7 Å². The quantitative estimate of drug-likeness (QED) is 0.879. The molecule has 2 aromatic rings. The first-order valence-electron chi connectivity index (χ1n) is 5.18. The van der Waals surface area contributed by atoms with Gasteiger partial charge in [-0.25, -0.2) is 0 Å². The Labute approximate surface area is 106 Å². The number of hydrogen-bond acceptors (Lipinski definition) is 4. The maximum atomic E-state index is 4.29. The van der Waals surface area contributed by atoms with Crippen molar-refractivity contribution in [2.75, 3.05) is 6.54 Å². The summed E-state index contributed by atoms with van der Waals surface area (Å²) in [4.78, 5) is 1.17. The Hall–Kier alpha value is -0.720. The van der Waals surface area contributed by atoms with E-state index in [9.17, 15) is 0 Å². The molecule has 0 bridgehead atoms. The van der Waals surface area contributed by atoms with Gasteiger partial charge in [-0.15, -0.1) is 21.5 Å². The number of aromatic nitrogens is 3. The third-order valence-corrected chi connectivity index (χ3v) is 4.37. The van der Waals surface area contributed by atoms with Crippen LogP contribution in [-0.2, 0) is 6.54 Å². The fraction of sp³-hybridized carbons (Fsp3) is 0.400. The van der Waals surface area contributed by atoms with Crippen LogP contribution in [0.15, 0.2) is 15.9 Å². The van der Waals surface area contributed by atoms with E-state index in [-0.39, 0.29) is 0 Å². The molecule has 0 amide bonds. The summed E-state index contributed by atoms with van der Waals surface area (Å²) in [6, 6.07) is 4.42. The fourth-order valence-corrected chi connectivity index (χ4v) is 3.34. The van der Waals surface area contributed by atoms with Gasteiger partial charge in [-0.05, 0) is 35.0 Å². The van der Waals surface area contributed by atoms with Gasteiger partial charge in [0, 0.05) is 13.1 Å². The van der Waals surface area contributed by atoms with Crippen molar-refractivity contribution in [1.82, 2.24) is 20.1 Å². The van der Waals surface area contributed by atoms with E-state index < -0.39 is 0 Å². The second kappa shape index (κ2) is 3.94. The SMILES string of the molecule is CC1NCCn2c(-c3ccc(Br)s3)nnc21. The first-order chi connectivity index (χ1) is 7.75. The zero-order valence-corrected chi connectivity index (χ0v) is 11.2. The van der Waals surface area contributed by atoms with Gasteiger partial charge < -0.3 is 9.88 Å². The van der Waals surface area contributed by atoms with Gasteiger partial charge in [0.1, 0.15) is 5.82 Å². The summed E-state index contributed by atoms with van der Waals surface area (Å²) in [5.41, 5.74) is 0. The van der Waals surface area contributed by atoms with Crippen LogP contribution in [0.5, 0.6) is 0 Å². The number of hydrogen-bond donors (Lipinski definition) is 1. The number of nitrogens with zero attached hydrogens (tertiary/aromatic N) is 3. The summed E-state index contributed by atoms with van der Waals surface area (Å²) in [6.45, 7) is 4.04. The Morgan fingerprint density at radius 3 is 3.12 bits per heavy atom. The molecular formula is C10H11BrN4S. The van der Waals surface area contributed by atoms with E-state index in [1.807, 2.05) is 6.07 Å². The monoisotopic (exact) mass is 298 g/mol. The second-order valence-corrected chi connectivity index (χ2v) is 6.28. The lowest BCUT2D eigenvalue weighted by atomic mass is 10.2. The van der Waals surface area contributed by atoms with E-state index >= 15 is 0 Å². The number of thiophene rings is 1. The van der Waals surface area contributed by atoms with Crippen molar-refractivity contribution < 1.29 is 0 Å². The molecule has 1 aliphatic rings.